The number of hydrogen-bond donors (Lipinski definition) is 4. The Morgan fingerprint density at radius 1 is 0.907 bits per heavy atom. The zero-order chi connectivity index (χ0) is 37.6. The van der Waals surface area contributed by atoms with Crippen LogP contribution in [0.2, 0.25) is 0 Å². The molecule has 1 aliphatic carbocycles. The second kappa shape index (κ2) is 17.2. The number of primary amides is 1. The number of piperazine rings is 1. The summed E-state index contributed by atoms with van der Waals surface area (Å²) in [5.41, 5.74) is 9.91. The SMILES string of the molecule is C[C@H](NC(=O)c1ccc(N2CCCC3CC(NC(=O)c4ccc(C(N)=O)c(NCCN5CCOCC5)c4)CC32)nc1)c1ccc(N2CCN(C)CC2)cc1. The molecule has 0 bridgehead atoms. The van der Waals surface area contributed by atoms with Gasteiger partial charge in [0, 0.05) is 94.1 Å². The molecule has 0 radical (unpaired) electrons. The van der Waals surface area contributed by atoms with Gasteiger partial charge in [-0.25, -0.2) is 4.98 Å². The van der Waals surface area contributed by atoms with Crippen LogP contribution in [-0.4, -0.2) is 124 Å². The molecule has 13 heteroatoms. The van der Waals surface area contributed by atoms with Crippen molar-refractivity contribution in [3.8, 4) is 0 Å². The molecular weight excluding hydrogens is 683 g/mol. The van der Waals surface area contributed by atoms with Crippen molar-refractivity contribution >= 4 is 34.9 Å². The number of piperidine rings is 1. The maximum atomic E-state index is 13.5. The molecule has 7 rings (SSSR count). The number of amides is 3. The van der Waals surface area contributed by atoms with Crippen molar-refractivity contribution in [2.24, 2.45) is 11.7 Å². The molecular formula is C41H55N9O4. The second-order valence-corrected chi connectivity index (χ2v) is 15.3. The fourth-order valence-corrected chi connectivity index (χ4v) is 8.47. The molecule has 3 aliphatic heterocycles. The third kappa shape index (κ3) is 8.97. The summed E-state index contributed by atoms with van der Waals surface area (Å²) in [5.74, 6) is 0.452. The topological polar surface area (TPSA) is 148 Å². The van der Waals surface area contributed by atoms with Crippen molar-refractivity contribution in [2.45, 2.75) is 50.7 Å². The minimum absolute atomic E-state index is 0.0174. The third-order valence-corrected chi connectivity index (χ3v) is 11.7. The molecule has 288 valence electrons. The number of anilines is 3. The van der Waals surface area contributed by atoms with Crippen LogP contribution in [0.15, 0.2) is 60.8 Å². The molecule has 3 unspecified atom stereocenters. The molecule has 54 heavy (non-hydrogen) atoms. The smallest absolute Gasteiger partial charge is 0.253 e. The number of pyridine rings is 1. The number of morpholine rings is 1. The average Bonchev–Trinajstić information content (AvgIpc) is 3.61. The number of ether oxygens (including phenoxy) is 1. The van der Waals surface area contributed by atoms with Gasteiger partial charge in [-0.05, 0) is 93.6 Å². The first-order chi connectivity index (χ1) is 26.2. The van der Waals surface area contributed by atoms with Crippen LogP contribution in [0.3, 0.4) is 0 Å². The first kappa shape index (κ1) is 37.6. The zero-order valence-corrected chi connectivity index (χ0v) is 31.6. The van der Waals surface area contributed by atoms with Crippen LogP contribution in [0.5, 0.6) is 0 Å². The van der Waals surface area contributed by atoms with Crippen LogP contribution in [-0.2, 0) is 4.74 Å². The predicted molar refractivity (Wildman–Crippen MR) is 211 cm³/mol. The maximum Gasteiger partial charge on any atom is 0.253 e. The quantitative estimate of drug-likeness (QED) is 0.218. The average molecular weight is 738 g/mol. The van der Waals surface area contributed by atoms with Gasteiger partial charge in [0.2, 0.25) is 0 Å². The van der Waals surface area contributed by atoms with E-state index < -0.39 is 5.91 Å². The standard InChI is InChI=1S/C41H55N9O4/c1-28(29-5-9-34(10-6-29)49-18-16-47(2)17-19-49)45-41(53)32-8-12-38(44-27-32)50-14-3-4-30-24-33(26-37(30)50)46-40(52)31-7-11-35(39(42)51)36(25-31)43-13-15-48-20-22-54-23-21-48/h5-12,25,27-28,30,33,37,43H,3-4,13-24,26H2,1-2H3,(H2,42,51)(H,45,53)(H,46,52)/t28-,30?,33?,37?/m0/s1. The lowest BCUT2D eigenvalue weighted by Crippen LogP contribution is -2.44. The summed E-state index contributed by atoms with van der Waals surface area (Å²) in [7, 11) is 2.16. The monoisotopic (exact) mass is 737 g/mol. The van der Waals surface area contributed by atoms with E-state index in [4.69, 9.17) is 15.5 Å². The Hall–Kier alpha value is -4.72. The van der Waals surface area contributed by atoms with Crippen molar-refractivity contribution in [1.29, 1.82) is 0 Å². The van der Waals surface area contributed by atoms with E-state index in [0.29, 0.717) is 34.8 Å². The van der Waals surface area contributed by atoms with E-state index >= 15 is 0 Å². The molecule has 3 aromatic rings. The van der Waals surface area contributed by atoms with Gasteiger partial charge in [-0.3, -0.25) is 19.3 Å². The minimum Gasteiger partial charge on any atom is -0.383 e. The van der Waals surface area contributed by atoms with Gasteiger partial charge in [-0.2, -0.15) is 0 Å². The third-order valence-electron chi connectivity index (χ3n) is 11.7. The van der Waals surface area contributed by atoms with E-state index in [2.05, 4.69) is 66.9 Å². The van der Waals surface area contributed by atoms with Crippen molar-refractivity contribution in [2.75, 3.05) is 94.3 Å². The number of benzene rings is 2. The van der Waals surface area contributed by atoms with Crippen molar-refractivity contribution in [3.63, 3.8) is 0 Å². The van der Waals surface area contributed by atoms with E-state index in [-0.39, 0.29) is 29.9 Å². The number of fused-ring (bicyclic) bond motifs is 1. The van der Waals surface area contributed by atoms with Crippen molar-refractivity contribution < 1.29 is 19.1 Å². The fourth-order valence-electron chi connectivity index (χ4n) is 8.47. The van der Waals surface area contributed by atoms with E-state index in [1.165, 1.54) is 5.69 Å². The van der Waals surface area contributed by atoms with Gasteiger partial charge in [0.1, 0.15) is 5.82 Å². The van der Waals surface area contributed by atoms with Gasteiger partial charge in [0.25, 0.3) is 17.7 Å². The highest BCUT2D eigenvalue weighted by atomic mass is 16.5. The van der Waals surface area contributed by atoms with Crippen LogP contribution >= 0.6 is 0 Å². The van der Waals surface area contributed by atoms with Crippen LogP contribution in [0.1, 0.15) is 75.3 Å². The number of likely N-dealkylation sites (N-methyl/N-ethyl adjacent to an activating group) is 1. The molecule has 1 aromatic heterocycles. The molecule has 4 heterocycles. The Morgan fingerprint density at radius 3 is 2.39 bits per heavy atom. The Morgan fingerprint density at radius 2 is 1.67 bits per heavy atom. The van der Waals surface area contributed by atoms with Gasteiger partial charge in [0.15, 0.2) is 0 Å². The lowest BCUT2D eigenvalue weighted by molar-refractivity contribution is 0.0398. The number of carbonyl (C=O) groups excluding carboxylic acids is 3. The highest BCUT2D eigenvalue weighted by Crippen LogP contribution is 2.39. The summed E-state index contributed by atoms with van der Waals surface area (Å²) in [6.45, 7) is 11.7. The van der Waals surface area contributed by atoms with E-state index in [1.54, 1.807) is 24.4 Å². The zero-order valence-electron chi connectivity index (χ0n) is 31.6. The number of nitrogens with one attached hydrogen (secondary N) is 3. The highest BCUT2D eigenvalue weighted by molar-refractivity contribution is 6.02. The highest BCUT2D eigenvalue weighted by Gasteiger charge is 2.41. The molecule has 4 fully saturated rings. The lowest BCUT2D eigenvalue weighted by atomic mass is 9.92. The summed E-state index contributed by atoms with van der Waals surface area (Å²) >= 11 is 0. The van der Waals surface area contributed by atoms with Crippen LogP contribution in [0.4, 0.5) is 17.2 Å². The van der Waals surface area contributed by atoms with Gasteiger partial charge in [-0.15, -0.1) is 0 Å². The Kier molecular flexibility index (Phi) is 12.0. The van der Waals surface area contributed by atoms with Crippen molar-refractivity contribution in [3.05, 3.63) is 83.0 Å². The summed E-state index contributed by atoms with van der Waals surface area (Å²) in [4.78, 5) is 53.1. The molecule has 4 atom stereocenters. The van der Waals surface area contributed by atoms with Crippen molar-refractivity contribution in [1.82, 2.24) is 25.4 Å². The molecule has 5 N–H and O–H groups in total. The normalized spacial score (nSPS) is 22.7. The van der Waals surface area contributed by atoms with E-state index in [0.717, 1.165) is 103 Å². The number of nitrogens with two attached hydrogens (primary N) is 1. The van der Waals surface area contributed by atoms with E-state index in [9.17, 15) is 14.4 Å². The van der Waals surface area contributed by atoms with Crippen LogP contribution < -0.4 is 31.5 Å². The Balaban J connectivity index is 0.926. The van der Waals surface area contributed by atoms with Gasteiger partial charge in [-0.1, -0.05) is 12.1 Å². The first-order valence-electron chi connectivity index (χ1n) is 19.6. The lowest BCUT2D eigenvalue weighted by Gasteiger charge is -2.38. The summed E-state index contributed by atoms with van der Waals surface area (Å²) in [6, 6.07) is 17.5. The molecule has 4 aliphatic rings. The van der Waals surface area contributed by atoms with Gasteiger partial charge in [0.05, 0.1) is 30.4 Å². The summed E-state index contributed by atoms with van der Waals surface area (Å²) in [5, 5.41) is 9.75. The van der Waals surface area contributed by atoms with E-state index in [1.807, 2.05) is 19.1 Å². The number of nitrogens with zero attached hydrogens (tertiary/aromatic N) is 5. The molecule has 3 saturated heterocycles. The van der Waals surface area contributed by atoms with Crippen LogP contribution in [0.25, 0.3) is 0 Å². The molecule has 3 amide bonds. The number of carbonyl (C=O) groups is 3. The number of rotatable bonds is 12. The largest absolute Gasteiger partial charge is 0.383 e. The molecule has 0 spiro atoms. The number of hydrogen-bond acceptors (Lipinski definition) is 10. The Labute approximate surface area is 318 Å². The molecule has 2 aromatic carbocycles. The van der Waals surface area contributed by atoms with Gasteiger partial charge >= 0.3 is 0 Å². The predicted octanol–water partition coefficient (Wildman–Crippen LogP) is 3.34. The summed E-state index contributed by atoms with van der Waals surface area (Å²) < 4.78 is 5.43. The maximum absolute atomic E-state index is 13.5. The molecule has 13 nitrogen and oxygen atoms in total. The van der Waals surface area contributed by atoms with Crippen LogP contribution in [0, 0.1) is 5.92 Å². The Bertz CT molecular complexity index is 1760. The van der Waals surface area contributed by atoms with Gasteiger partial charge < -0.3 is 41.1 Å². The second-order valence-electron chi connectivity index (χ2n) is 15.3. The number of aromatic nitrogens is 1. The first-order valence-corrected chi connectivity index (χ1v) is 19.6. The molecule has 1 saturated carbocycles. The fraction of sp³-hybridized carbons (Fsp3) is 0.512. The summed E-state index contributed by atoms with van der Waals surface area (Å²) in [6.07, 6.45) is 5.53. The minimum atomic E-state index is -0.532.